The Labute approximate surface area is 178 Å². The van der Waals surface area contributed by atoms with Crippen molar-refractivity contribution in [3.63, 3.8) is 0 Å². The van der Waals surface area contributed by atoms with E-state index in [1.807, 2.05) is 37.3 Å². The topological polar surface area (TPSA) is 84.7 Å². The summed E-state index contributed by atoms with van der Waals surface area (Å²) in [6.07, 6.45) is 0. The van der Waals surface area contributed by atoms with Gasteiger partial charge in [0.2, 0.25) is 0 Å². The third-order valence-corrected chi connectivity index (χ3v) is 6.44. The zero-order valence-electron chi connectivity index (χ0n) is 17.2. The molecule has 0 saturated carbocycles. The Kier molecular flexibility index (Phi) is 5.69. The molecule has 30 heavy (non-hydrogen) atoms. The van der Waals surface area contributed by atoms with Crippen LogP contribution in [0.2, 0.25) is 0 Å². The number of hydrogen-bond donors (Lipinski definition) is 1. The number of benzene rings is 1. The summed E-state index contributed by atoms with van der Waals surface area (Å²) in [5, 5.41) is 7.34. The van der Waals surface area contributed by atoms with Gasteiger partial charge < -0.3 is 19.5 Å². The van der Waals surface area contributed by atoms with E-state index in [2.05, 4.69) is 10.5 Å². The van der Waals surface area contributed by atoms with Crippen molar-refractivity contribution in [2.45, 2.75) is 20.8 Å². The van der Waals surface area contributed by atoms with Crippen LogP contribution in [0.25, 0.3) is 10.4 Å². The van der Waals surface area contributed by atoms with Gasteiger partial charge in [0.15, 0.2) is 0 Å². The van der Waals surface area contributed by atoms with E-state index in [1.54, 1.807) is 18.7 Å². The smallest absolute Gasteiger partial charge is 0.261 e. The third-order valence-electron chi connectivity index (χ3n) is 5.18. The predicted octanol–water partition coefficient (Wildman–Crippen LogP) is 4.05. The summed E-state index contributed by atoms with van der Waals surface area (Å²) in [4.78, 5) is 29.1. The molecule has 0 radical (unpaired) electrons. The molecule has 7 nitrogen and oxygen atoms in total. The minimum absolute atomic E-state index is 0.0942. The van der Waals surface area contributed by atoms with Gasteiger partial charge in [-0.25, -0.2) is 0 Å². The number of ether oxygens (including phenoxy) is 1. The second kappa shape index (κ2) is 8.41. The van der Waals surface area contributed by atoms with Crippen molar-refractivity contribution in [2.75, 3.05) is 31.6 Å². The Bertz CT molecular complexity index is 1060. The van der Waals surface area contributed by atoms with Crippen molar-refractivity contribution < 1.29 is 18.8 Å². The van der Waals surface area contributed by atoms with Crippen LogP contribution in [-0.4, -0.2) is 48.2 Å². The van der Waals surface area contributed by atoms with Crippen LogP contribution >= 0.6 is 11.3 Å². The van der Waals surface area contributed by atoms with Crippen LogP contribution in [-0.2, 0) is 4.74 Å². The Morgan fingerprint density at radius 1 is 1.07 bits per heavy atom. The lowest BCUT2D eigenvalue weighted by atomic mass is 10.1. The molecule has 0 unspecified atom stereocenters. The fourth-order valence-electron chi connectivity index (χ4n) is 3.62. The van der Waals surface area contributed by atoms with Gasteiger partial charge in [0.1, 0.15) is 16.3 Å². The maximum Gasteiger partial charge on any atom is 0.261 e. The molecule has 4 rings (SSSR count). The summed E-state index contributed by atoms with van der Waals surface area (Å²) in [6, 6.07) is 9.87. The van der Waals surface area contributed by atoms with Crippen LogP contribution in [0.5, 0.6) is 0 Å². The number of thiophene rings is 1. The Morgan fingerprint density at radius 2 is 1.77 bits per heavy atom. The first-order valence-corrected chi connectivity index (χ1v) is 10.6. The summed E-state index contributed by atoms with van der Waals surface area (Å²) in [6.45, 7) is 7.45. The molecule has 0 aliphatic carbocycles. The van der Waals surface area contributed by atoms with Gasteiger partial charge in [-0.1, -0.05) is 35.5 Å². The highest BCUT2D eigenvalue weighted by Crippen LogP contribution is 2.41. The number of carbonyl (C=O) groups is 2. The maximum absolute atomic E-state index is 13.4. The lowest BCUT2D eigenvalue weighted by molar-refractivity contribution is 0.0303. The molecule has 2 amide bonds. The highest BCUT2D eigenvalue weighted by Gasteiger charge is 2.29. The van der Waals surface area contributed by atoms with E-state index in [0.29, 0.717) is 53.9 Å². The first-order valence-electron chi connectivity index (χ1n) is 9.77. The molecule has 8 heteroatoms. The number of hydrogen-bond acceptors (Lipinski definition) is 6. The van der Waals surface area contributed by atoms with Gasteiger partial charge in [-0.15, -0.1) is 11.3 Å². The molecule has 0 atom stereocenters. The molecule has 3 aromatic rings. The number of carbonyl (C=O) groups excluding carboxylic acids is 2. The molecular weight excluding hydrogens is 402 g/mol. The summed E-state index contributed by atoms with van der Waals surface area (Å²) < 4.78 is 10.5. The summed E-state index contributed by atoms with van der Waals surface area (Å²) in [5.74, 6) is 0.0223. The molecule has 0 spiro atoms. The minimum atomic E-state index is -0.330. The van der Waals surface area contributed by atoms with E-state index in [1.165, 1.54) is 11.3 Å². The van der Waals surface area contributed by atoms with E-state index in [-0.39, 0.29) is 11.8 Å². The fraction of sp³-hybridized carbons (Fsp3) is 0.318. The highest BCUT2D eigenvalue weighted by atomic mass is 32.1. The van der Waals surface area contributed by atoms with Crippen molar-refractivity contribution in [1.29, 1.82) is 0 Å². The number of amides is 2. The van der Waals surface area contributed by atoms with E-state index >= 15 is 0 Å². The number of nitrogens with zero attached hydrogens (tertiary/aromatic N) is 2. The van der Waals surface area contributed by atoms with Crippen LogP contribution in [0.4, 0.5) is 5.00 Å². The van der Waals surface area contributed by atoms with E-state index < -0.39 is 0 Å². The molecule has 3 heterocycles. The molecule has 1 N–H and O–H groups in total. The molecule has 156 valence electrons. The lowest BCUT2D eigenvalue weighted by Gasteiger charge is -2.27. The molecule has 1 saturated heterocycles. The molecule has 0 bridgehead atoms. The zero-order chi connectivity index (χ0) is 21.3. The molecule has 2 aromatic heterocycles. The van der Waals surface area contributed by atoms with Gasteiger partial charge in [0, 0.05) is 18.0 Å². The average molecular weight is 426 g/mol. The van der Waals surface area contributed by atoms with Crippen LogP contribution in [0.3, 0.4) is 0 Å². The van der Waals surface area contributed by atoms with E-state index in [0.717, 1.165) is 16.0 Å². The largest absolute Gasteiger partial charge is 0.378 e. The zero-order valence-corrected chi connectivity index (χ0v) is 18.0. The van der Waals surface area contributed by atoms with Crippen molar-refractivity contribution in [3.8, 4) is 10.4 Å². The summed E-state index contributed by atoms with van der Waals surface area (Å²) in [5.41, 5.74) is 3.31. The molecule has 1 aliphatic rings. The second-order valence-electron chi connectivity index (χ2n) is 7.18. The van der Waals surface area contributed by atoms with Crippen molar-refractivity contribution >= 4 is 28.2 Å². The quantitative estimate of drug-likeness (QED) is 0.682. The maximum atomic E-state index is 13.4. The first-order chi connectivity index (χ1) is 14.5. The van der Waals surface area contributed by atoms with Gasteiger partial charge in [-0.3, -0.25) is 9.59 Å². The van der Waals surface area contributed by atoms with Crippen LogP contribution < -0.4 is 5.32 Å². The van der Waals surface area contributed by atoms with Crippen LogP contribution in [0, 0.1) is 20.8 Å². The first kappa shape index (κ1) is 20.3. The van der Waals surface area contributed by atoms with Crippen LogP contribution in [0.15, 0.2) is 34.9 Å². The number of nitrogens with one attached hydrogen (secondary N) is 1. The fourth-order valence-corrected chi connectivity index (χ4v) is 4.82. The van der Waals surface area contributed by atoms with Crippen molar-refractivity contribution in [2.24, 2.45) is 0 Å². The van der Waals surface area contributed by atoms with Gasteiger partial charge in [-0.2, -0.15) is 0 Å². The normalized spacial score (nSPS) is 14.0. The Morgan fingerprint density at radius 3 is 2.40 bits per heavy atom. The monoisotopic (exact) mass is 425 g/mol. The van der Waals surface area contributed by atoms with Crippen molar-refractivity contribution in [1.82, 2.24) is 10.1 Å². The van der Waals surface area contributed by atoms with Gasteiger partial charge in [0.05, 0.1) is 24.5 Å². The number of aryl methyl sites for hydroxylation is 2. The number of anilines is 1. The molecule has 1 fully saturated rings. The molecule has 1 aromatic carbocycles. The third kappa shape index (κ3) is 3.76. The Hall–Kier alpha value is -2.97. The van der Waals surface area contributed by atoms with E-state index in [4.69, 9.17) is 9.26 Å². The predicted molar refractivity (Wildman–Crippen MR) is 115 cm³/mol. The van der Waals surface area contributed by atoms with Crippen LogP contribution in [0.1, 0.15) is 37.7 Å². The van der Waals surface area contributed by atoms with Gasteiger partial charge >= 0.3 is 0 Å². The highest BCUT2D eigenvalue weighted by molar-refractivity contribution is 7.20. The standard InChI is InChI=1S/C22H23N3O4S/c1-13-17(22(27)25-9-11-28-12-10-25)21(30-19(13)16-7-5-4-6-8-16)23-20(26)18-14(2)24-29-15(18)3/h4-8H,9-12H2,1-3H3,(H,23,26). The average Bonchev–Trinajstić information content (AvgIpc) is 3.27. The Balaban J connectivity index is 1.76. The summed E-state index contributed by atoms with van der Waals surface area (Å²) in [7, 11) is 0. The minimum Gasteiger partial charge on any atom is -0.378 e. The second-order valence-corrected chi connectivity index (χ2v) is 8.20. The number of morpholine rings is 1. The summed E-state index contributed by atoms with van der Waals surface area (Å²) >= 11 is 1.41. The SMILES string of the molecule is Cc1noc(C)c1C(=O)Nc1sc(-c2ccccc2)c(C)c1C(=O)N1CCOCC1. The van der Waals surface area contributed by atoms with Gasteiger partial charge in [-0.05, 0) is 31.9 Å². The number of aromatic nitrogens is 1. The lowest BCUT2D eigenvalue weighted by Crippen LogP contribution is -2.41. The molecule has 1 aliphatic heterocycles. The number of rotatable bonds is 4. The van der Waals surface area contributed by atoms with Crippen molar-refractivity contribution in [3.05, 3.63) is 58.5 Å². The van der Waals surface area contributed by atoms with E-state index in [9.17, 15) is 9.59 Å². The molecular formula is C22H23N3O4S. The van der Waals surface area contributed by atoms with Gasteiger partial charge in [0.25, 0.3) is 11.8 Å².